The van der Waals surface area contributed by atoms with Crippen molar-refractivity contribution in [3.8, 4) is 17.2 Å². The van der Waals surface area contributed by atoms with E-state index in [0.717, 1.165) is 46.2 Å². The molecular weight excluding hydrogens is 479 g/mol. The van der Waals surface area contributed by atoms with Crippen molar-refractivity contribution in [3.05, 3.63) is 83.2 Å². The Bertz CT molecular complexity index is 1090. The molecule has 0 radical (unpaired) electrons. The Morgan fingerprint density at radius 2 is 1.49 bits per heavy atom. The second kappa shape index (κ2) is 13.8. The van der Waals surface area contributed by atoms with Gasteiger partial charge in [-0.05, 0) is 46.7 Å². The Labute approximate surface area is 218 Å². The summed E-state index contributed by atoms with van der Waals surface area (Å²) in [5, 5.41) is 29.2. The predicted octanol–water partition coefficient (Wildman–Crippen LogP) is 6.02. The van der Waals surface area contributed by atoms with Gasteiger partial charge in [0, 0.05) is 42.2 Å². The van der Waals surface area contributed by atoms with Crippen LogP contribution in [0.5, 0.6) is 17.2 Å². The van der Waals surface area contributed by atoms with Gasteiger partial charge in [-0.25, -0.2) is 0 Å². The zero-order valence-corrected chi connectivity index (χ0v) is 22.8. The summed E-state index contributed by atoms with van der Waals surface area (Å²) in [7, 11) is 0. The second-order valence-corrected chi connectivity index (χ2v) is 10.1. The van der Waals surface area contributed by atoms with E-state index in [1.807, 2.05) is 57.2 Å². The van der Waals surface area contributed by atoms with Crippen LogP contribution in [0.2, 0.25) is 0 Å². The standard InChI is InChI=1S/C14H14N2O.C14H22O2.O.V/c17-14-7-2-1-5-12(14)11-15-10-8-13-6-3-4-9-16-13;1-13(2,3)9-7-10(14(4,5)6)12(16)11(15)8-9;;/h1-7,9,11,17H,8,10H2;7-8,15-16H,1-6H3;;. The molecule has 187 valence electrons. The molecular formula is C28H36N2O4V. The number of phenols is 3. The summed E-state index contributed by atoms with van der Waals surface area (Å²) in [5.74, 6) is 0.229. The van der Waals surface area contributed by atoms with E-state index in [2.05, 4.69) is 30.7 Å². The van der Waals surface area contributed by atoms with Crippen molar-refractivity contribution in [1.29, 1.82) is 0 Å². The van der Waals surface area contributed by atoms with Crippen molar-refractivity contribution in [2.75, 3.05) is 6.54 Å². The fraction of sp³-hybridized carbons (Fsp3) is 0.357. The SMILES string of the molecule is CC(C)(C)c1cc(O)c(O)c(C(C)(C)C)c1.Oc1ccccc1C=NCCc1ccccn1.[O]=[V]. The Morgan fingerprint density at radius 1 is 0.857 bits per heavy atom. The third kappa shape index (κ3) is 10.1. The van der Waals surface area contributed by atoms with Crippen LogP contribution < -0.4 is 0 Å². The maximum absolute atomic E-state index is 9.87. The van der Waals surface area contributed by atoms with Crippen LogP contribution in [0.3, 0.4) is 0 Å². The summed E-state index contributed by atoms with van der Waals surface area (Å²) in [6.07, 6.45) is 4.28. The molecule has 1 aromatic heterocycles. The number of aromatic nitrogens is 1. The van der Waals surface area contributed by atoms with Gasteiger partial charge in [-0.2, -0.15) is 0 Å². The molecule has 0 spiro atoms. The molecule has 0 atom stereocenters. The van der Waals surface area contributed by atoms with E-state index < -0.39 is 0 Å². The zero-order valence-electron chi connectivity index (χ0n) is 21.4. The first-order valence-corrected chi connectivity index (χ1v) is 11.9. The molecule has 0 aliphatic rings. The molecule has 0 aliphatic heterocycles. The number of para-hydroxylation sites is 1. The van der Waals surface area contributed by atoms with Crippen molar-refractivity contribution in [2.24, 2.45) is 4.99 Å². The molecule has 2 aromatic carbocycles. The van der Waals surface area contributed by atoms with Crippen LogP contribution >= 0.6 is 0 Å². The average molecular weight is 516 g/mol. The number of rotatable bonds is 4. The van der Waals surface area contributed by atoms with Gasteiger partial charge in [0.2, 0.25) is 0 Å². The number of hydrogen-bond donors (Lipinski definition) is 3. The monoisotopic (exact) mass is 515 g/mol. The first-order chi connectivity index (χ1) is 16.4. The molecule has 3 aromatic rings. The Balaban J connectivity index is 0.000000328. The molecule has 0 saturated carbocycles. The van der Waals surface area contributed by atoms with Gasteiger partial charge in [0.1, 0.15) is 5.75 Å². The molecule has 0 fully saturated rings. The fourth-order valence-corrected chi connectivity index (χ4v) is 3.11. The van der Waals surface area contributed by atoms with Gasteiger partial charge in [-0.15, -0.1) is 0 Å². The molecule has 0 aliphatic carbocycles. The van der Waals surface area contributed by atoms with E-state index in [9.17, 15) is 15.3 Å². The van der Waals surface area contributed by atoms with Crippen molar-refractivity contribution < 1.29 is 36.4 Å². The van der Waals surface area contributed by atoms with E-state index in [4.69, 9.17) is 3.67 Å². The van der Waals surface area contributed by atoms with E-state index in [-0.39, 0.29) is 28.1 Å². The van der Waals surface area contributed by atoms with Crippen LogP contribution in [0.4, 0.5) is 0 Å². The van der Waals surface area contributed by atoms with E-state index in [1.54, 1.807) is 30.6 Å². The van der Waals surface area contributed by atoms with E-state index >= 15 is 0 Å². The van der Waals surface area contributed by atoms with Crippen molar-refractivity contribution in [3.63, 3.8) is 0 Å². The predicted molar refractivity (Wildman–Crippen MR) is 136 cm³/mol. The Kier molecular flexibility index (Phi) is 11.9. The Morgan fingerprint density at radius 3 is 2.03 bits per heavy atom. The van der Waals surface area contributed by atoms with E-state index in [1.165, 1.54) is 0 Å². The number of pyridine rings is 1. The molecule has 35 heavy (non-hydrogen) atoms. The van der Waals surface area contributed by atoms with Gasteiger partial charge in [-0.3, -0.25) is 9.98 Å². The minimum atomic E-state index is -0.178. The molecule has 6 nitrogen and oxygen atoms in total. The second-order valence-electron chi connectivity index (χ2n) is 10.1. The van der Waals surface area contributed by atoms with Crippen LogP contribution in [-0.2, 0) is 38.3 Å². The first kappa shape index (κ1) is 30.1. The van der Waals surface area contributed by atoms with Gasteiger partial charge >= 0.3 is 21.0 Å². The minimum absolute atomic E-state index is 0.000463. The van der Waals surface area contributed by atoms with Crippen molar-refractivity contribution >= 4 is 6.21 Å². The van der Waals surface area contributed by atoms with Gasteiger partial charge < -0.3 is 15.3 Å². The number of nitrogens with zero attached hydrogens (tertiary/aromatic N) is 2. The van der Waals surface area contributed by atoms with Crippen LogP contribution in [0.15, 0.2) is 65.8 Å². The molecule has 0 amide bonds. The number of aliphatic imine (C=N–C) groups is 1. The number of phenolic OH excluding ortho intramolecular Hbond substituents is 3. The molecule has 3 N–H and O–H groups in total. The Hall–Kier alpha value is -2.96. The summed E-state index contributed by atoms with van der Waals surface area (Å²) in [5.41, 5.74) is 3.38. The molecule has 7 heteroatoms. The molecule has 0 unspecified atom stereocenters. The number of hydrogen-bond acceptors (Lipinski definition) is 6. The maximum atomic E-state index is 9.87. The summed E-state index contributed by atoms with van der Waals surface area (Å²) in [6.45, 7) is 13.0. The van der Waals surface area contributed by atoms with Crippen molar-refractivity contribution in [1.82, 2.24) is 4.98 Å². The van der Waals surface area contributed by atoms with Crippen molar-refractivity contribution in [2.45, 2.75) is 58.8 Å². The fourth-order valence-electron chi connectivity index (χ4n) is 3.11. The van der Waals surface area contributed by atoms with Gasteiger partial charge in [-0.1, -0.05) is 65.8 Å². The quantitative estimate of drug-likeness (QED) is 0.291. The first-order valence-electron chi connectivity index (χ1n) is 11.3. The number of benzene rings is 2. The van der Waals surface area contributed by atoms with Crippen LogP contribution in [0, 0.1) is 0 Å². The summed E-state index contributed by atoms with van der Waals surface area (Å²) in [6, 6.07) is 16.6. The van der Waals surface area contributed by atoms with Crippen LogP contribution in [0.1, 0.15) is 63.9 Å². The van der Waals surface area contributed by atoms with Crippen LogP contribution in [-0.4, -0.2) is 33.1 Å². The molecule has 0 bridgehead atoms. The van der Waals surface area contributed by atoms with Gasteiger partial charge in [0.05, 0.1) is 0 Å². The summed E-state index contributed by atoms with van der Waals surface area (Å²) in [4.78, 5) is 8.49. The number of aromatic hydroxyl groups is 3. The van der Waals surface area contributed by atoms with Crippen LogP contribution in [0.25, 0.3) is 0 Å². The topological polar surface area (TPSA) is 103 Å². The molecule has 0 saturated heterocycles. The zero-order chi connectivity index (χ0) is 26.6. The molecule has 3 rings (SSSR count). The normalized spacial score (nSPS) is 11.2. The molecule has 1 heterocycles. The summed E-state index contributed by atoms with van der Waals surface area (Å²) < 4.78 is 8.19. The van der Waals surface area contributed by atoms with Gasteiger partial charge in [0.25, 0.3) is 0 Å². The third-order valence-corrected chi connectivity index (χ3v) is 5.15. The third-order valence-electron chi connectivity index (χ3n) is 5.15. The average Bonchev–Trinajstić information content (AvgIpc) is 2.80. The van der Waals surface area contributed by atoms with Gasteiger partial charge in [0.15, 0.2) is 11.5 Å². The summed E-state index contributed by atoms with van der Waals surface area (Å²) >= 11 is 1.06. The van der Waals surface area contributed by atoms with E-state index in [0.29, 0.717) is 6.54 Å².